The van der Waals surface area contributed by atoms with Crippen molar-refractivity contribution in [2.24, 2.45) is 7.05 Å². The molecule has 1 N–H and O–H groups in total. The van der Waals surface area contributed by atoms with Gasteiger partial charge in [0.1, 0.15) is 6.04 Å². The predicted octanol–water partition coefficient (Wildman–Crippen LogP) is 0.894. The number of hydrogen-bond acceptors (Lipinski definition) is 3. The normalized spacial score (nSPS) is 19.4. The van der Waals surface area contributed by atoms with Crippen molar-refractivity contribution in [3.8, 4) is 0 Å². The SMILES string of the molecule is CC[C@H]1C(=O)NCCN1C(=O)c1cc(C(C)C)n(C)n1. The molecule has 6 nitrogen and oxygen atoms in total. The molecule has 0 spiro atoms. The molecule has 6 heteroatoms. The molecule has 1 fully saturated rings. The zero-order valence-corrected chi connectivity index (χ0v) is 12.5. The van der Waals surface area contributed by atoms with Crippen molar-refractivity contribution in [2.45, 2.75) is 39.2 Å². The largest absolute Gasteiger partial charge is 0.353 e. The third kappa shape index (κ3) is 2.55. The molecular formula is C14H22N4O2. The number of rotatable bonds is 3. The number of carbonyl (C=O) groups is 2. The van der Waals surface area contributed by atoms with E-state index in [1.165, 1.54) is 0 Å². The average Bonchev–Trinajstić information content (AvgIpc) is 2.80. The first-order valence-electron chi connectivity index (χ1n) is 7.08. The molecule has 1 aromatic heterocycles. The van der Waals surface area contributed by atoms with E-state index in [1.54, 1.807) is 9.58 Å². The average molecular weight is 278 g/mol. The Morgan fingerprint density at radius 1 is 1.55 bits per heavy atom. The summed E-state index contributed by atoms with van der Waals surface area (Å²) in [6, 6.07) is 1.44. The second-order valence-corrected chi connectivity index (χ2v) is 5.45. The number of hydrogen-bond donors (Lipinski definition) is 1. The van der Waals surface area contributed by atoms with Crippen molar-refractivity contribution in [1.29, 1.82) is 0 Å². The van der Waals surface area contributed by atoms with Crippen LogP contribution in [0.5, 0.6) is 0 Å². The van der Waals surface area contributed by atoms with Crippen LogP contribution in [0.4, 0.5) is 0 Å². The third-order valence-electron chi connectivity index (χ3n) is 3.71. The van der Waals surface area contributed by atoms with Crippen molar-refractivity contribution < 1.29 is 9.59 Å². The van der Waals surface area contributed by atoms with Crippen LogP contribution in [0.2, 0.25) is 0 Å². The molecule has 0 bridgehead atoms. The minimum Gasteiger partial charge on any atom is -0.353 e. The monoisotopic (exact) mass is 278 g/mol. The summed E-state index contributed by atoms with van der Waals surface area (Å²) in [6.07, 6.45) is 0.613. The van der Waals surface area contributed by atoms with Gasteiger partial charge >= 0.3 is 0 Å². The summed E-state index contributed by atoms with van der Waals surface area (Å²) < 4.78 is 1.74. The Labute approximate surface area is 119 Å². The van der Waals surface area contributed by atoms with Gasteiger partial charge in [0.05, 0.1) is 0 Å². The van der Waals surface area contributed by atoms with Crippen LogP contribution in [0.25, 0.3) is 0 Å². The Bertz CT molecular complexity index is 521. The highest BCUT2D eigenvalue weighted by atomic mass is 16.2. The molecule has 1 atom stereocenters. The zero-order chi connectivity index (χ0) is 14.9. The molecule has 110 valence electrons. The van der Waals surface area contributed by atoms with Gasteiger partial charge in [-0.05, 0) is 18.4 Å². The van der Waals surface area contributed by atoms with Gasteiger partial charge in [0.15, 0.2) is 5.69 Å². The fourth-order valence-corrected chi connectivity index (χ4v) is 2.64. The molecule has 1 aliphatic rings. The molecular weight excluding hydrogens is 256 g/mol. The van der Waals surface area contributed by atoms with Crippen LogP contribution in [0.1, 0.15) is 49.3 Å². The summed E-state index contributed by atoms with van der Waals surface area (Å²) in [7, 11) is 1.84. The van der Waals surface area contributed by atoms with Gasteiger partial charge in [-0.2, -0.15) is 5.10 Å². The number of amides is 2. The van der Waals surface area contributed by atoms with E-state index >= 15 is 0 Å². The lowest BCUT2D eigenvalue weighted by atomic mass is 10.1. The fraction of sp³-hybridized carbons (Fsp3) is 0.643. The molecule has 2 amide bonds. The standard InChI is InChI=1S/C14H22N4O2/c1-5-11-13(19)15-6-7-18(11)14(20)10-8-12(9(2)3)17(4)16-10/h8-9,11H,5-7H2,1-4H3,(H,15,19)/t11-/m0/s1. The number of nitrogens with one attached hydrogen (secondary N) is 1. The molecule has 2 rings (SSSR count). The number of nitrogens with zero attached hydrogens (tertiary/aromatic N) is 3. The minimum atomic E-state index is -0.388. The molecule has 0 unspecified atom stereocenters. The van der Waals surface area contributed by atoms with E-state index in [4.69, 9.17) is 0 Å². The molecule has 1 aliphatic heterocycles. The van der Waals surface area contributed by atoms with Gasteiger partial charge in [-0.1, -0.05) is 20.8 Å². The second-order valence-electron chi connectivity index (χ2n) is 5.45. The predicted molar refractivity (Wildman–Crippen MR) is 75.4 cm³/mol. The van der Waals surface area contributed by atoms with E-state index in [0.717, 1.165) is 5.69 Å². The van der Waals surface area contributed by atoms with E-state index < -0.39 is 0 Å². The van der Waals surface area contributed by atoms with Crippen LogP contribution >= 0.6 is 0 Å². The smallest absolute Gasteiger partial charge is 0.275 e. The summed E-state index contributed by atoms with van der Waals surface area (Å²) in [6.45, 7) is 7.08. The van der Waals surface area contributed by atoms with Crippen molar-refractivity contribution in [2.75, 3.05) is 13.1 Å². The van der Waals surface area contributed by atoms with E-state index in [1.807, 2.05) is 20.0 Å². The maximum Gasteiger partial charge on any atom is 0.275 e. The summed E-state index contributed by atoms with van der Waals surface area (Å²) in [5, 5.41) is 7.09. The quantitative estimate of drug-likeness (QED) is 0.893. The molecule has 1 saturated heterocycles. The van der Waals surface area contributed by atoms with E-state index in [-0.39, 0.29) is 17.9 Å². The van der Waals surface area contributed by atoms with Gasteiger partial charge in [-0.25, -0.2) is 0 Å². The molecule has 0 saturated carbocycles. The van der Waals surface area contributed by atoms with Gasteiger partial charge in [0.25, 0.3) is 5.91 Å². The van der Waals surface area contributed by atoms with Gasteiger partial charge in [0.2, 0.25) is 5.91 Å². The first kappa shape index (κ1) is 14.6. The Morgan fingerprint density at radius 3 is 2.80 bits per heavy atom. The lowest BCUT2D eigenvalue weighted by Gasteiger charge is -2.33. The Hall–Kier alpha value is -1.85. The van der Waals surface area contributed by atoms with Crippen molar-refractivity contribution in [3.05, 3.63) is 17.5 Å². The Kier molecular flexibility index (Phi) is 4.11. The molecule has 0 aromatic carbocycles. The fourth-order valence-electron chi connectivity index (χ4n) is 2.64. The molecule has 0 radical (unpaired) electrons. The lowest BCUT2D eigenvalue weighted by Crippen LogP contribution is -2.57. The second kappa shape index (κ2) is 5.64. The molecule has 2 heterocycles. The third-order valence-corrected chi connectivity index (χ3v) is 3.71. The van der Waals surface area contributed by atoms with Crippen LogP contribution in [-0.4, -0.2) is 45.6 Å². The van der Waals surface area contributed by atoms with Crippen molar-refractivity contribution in [3.63, 3.8) is 0 Å². The minimum absolute atomic E-state index is 0.0767. The summed E-state index contributed by atoms with van der Waals surface area (Å²) >= 11 is 0. The highest BCUT2D eigenvalue weighted by molar-refractivity contribution is 5.96. The number of aromatic nitrogens is 2. The lowest BCUT2D eigenvalue weighted by molar-refractivity contribution is -0.127. The van der Waals surface area contributed by atoms with Crippen molar-refractivity contribution in [1.82, 2.24) is 20.0 Å². The number of piperazine rings is 1. The Morgan fingerprint density at radius 2 is 2.25 bits per heavy atom. The van der Waals surface area contributed by atoms with Crippen molar-refractivity contribution >= 4 is 11.8 Å². The number of carbonyl (C=O) groups excluding carboxylic acids is 2. The van der Waals surface area contributed by atoms with Crippen LogP contribution in [0.3, 0.4) is 0 Å². The van der Waals surface area contributed by atoms with Gasteiger partial charge in [0, 0.05) is 25.8 Å². The van der Waals surface area contributed by atoms with Gasteiger partial charge in [-0.3, -0.25) is 14.3 Å². The molecule has 20 heavy (non-hydrogen) atoms. The summed E-state index contributed by atoms with van der Waals surface area (Å²) in [5.74, 6) is 0.0713. The molecule has 1 aromatic rings. The summed E-state index contributed by atoms with van der Waals surface area (Å²) in [4.78, 5) is 26.0. The van der Waals surface area contributed by atoms with E-state index in [0.29, 0.717) is 31.1 Å². The zero-order valence-electron chi connectivity index (χ0n) is 12.5. The highest BCUT2D eigenvalue weighted by Crippen LogP contribution is 2.18. The topological polar surface area (TPSA) is 67.2 Å². The van der Waals surface area contributed by atoms with Gasteiger partial charge < -0.3 is 10.2 Å². The summed E-state index contributed by atoms with van der Waals surface area (Å²) in [5.41, 5.74) is 1.44. The van der Waals surface area contributed by atoms with Crippen LogP contribution in [0.15, 0.2) is 6.07 Å². The molecule has 0 aliphatic carbocycles. The van der Waals surface area contributed by atoms with Crippen LogP contribution in [-0.2, 0) is 11.8 Å². The number of aryl methyl sites for hydroxylation is 1. The van der Waals surface area contributed by atoms with Crippen LogP contribution in [0, 0.1) is 0 Å². The first-order valence-corrected chi connectivity index (χ1v) is 7.08. The Balaban J connectivity index is 2.26. The first-order chi connectivity index (χ1) is 9.45. The highest BCUT2D eigenvalue weighted by Gasteiger charge is 2.33. The van der Waals surface area contributed by atoms with E-state index in [2.05, 4.69) is 24.3 Å². The maximum absolute atomic E-state index is 12.6. The maximum atomic E-state index is 12.6. The van der Waals surface area contributed by atoms with E-state index in [9.17, 15) is 9.59 Å². The van der Waals surface area contributed by atoms with Crippen LogP contribution < -0.4 is 5.32 Å². The van der Waals surface area contributed by atoms with Gasteiger partial charge in [-0.15, -0.1) is 0 Å².